The van der Waals surface area contributed by atoms with E-state index in [1.165, 1.54) is 14.0 Å². The molecule has 4 heteroatoms. The lowest BCUT2D eigenvalue weighted by Gasteiger charge is -2.10. The van der Waals surface area contributed by atoms with Gasteiger partial charge in [0.25, 0.3) is 0 Å². The lowest BCUT2D eigenvalue weighted by molar-refractivity contribution is -0.134. The molecule has 1 aromatic carbocycles. The topological polar surface area (TPSA) is 44.8 Å². The van der Waals surface area contributed by atoms with Gasteiger partial charge in [-0.05, 0) is 18.2 Å². The Morgan fingerprint density at radius 2 is 1.81 bits per heavy atom. The van der Waals surface area contributed by atoms with Crippen molar-refractivity contribution < 1.29 is 19.0 Å². The molecular formula is C12H14O4. The van der Waals surface area contributed by atoms with Crippen molar-refractivity contribution in [1.29, 1.82) is 0 Å². The average molecular weight is 222 g/mol. The van der Waals surface area contributed by atoms with Crippen LogP contribution in [0, 0.1) is 0 Å². The predicted octanol–water partition coefficient (Wildman–Crippen LogP) is 2.24. The van der Waals surface area contributed by atoms with E-state index in [4.69, 9.17) is 14.2 Å². The summed E-state index contributed by atoms with van der Waals surface area (Å²) in [6, 6.07) is 5.17. The zero-order valence-corrected chi connectivity index (χ0v) is 9.57. The first-order valence-corrected chi connectivity index (χ1v) is 4.68. The number of benzene rings is 1. The molecule has 0 unspecified atom stereocenters. The first kappa shape index (κ1) is 12.1. The van der Waals surface area contributed by atoms with Crippen molar-refractivity contribution in [1.82, 2.24) is 0 Å². The molecule has 0 aliphatic heterocycles. The maximum absolute atomic E-state index is 10.8. The van der Waals surface area contributed by atoms with Crippen molar-refractivity contribution in [3.05, 3.63) is 30.3 Å². The van der Waals surface area contributed by atoms with Crippen LogP contribution in [0.2, 0.25) is 0 Å². The number of methoxy groups -OCH3 is 2. The molecule has 0 heterocycles. The summed E-state index contributed by atoms with van der Waals surface area (Å²) in [5.74, 6) is 1.06. The van der Waals surface area contributed by atoms with E-state index in [-0.39, 0.29) is 5.76 Å². The van der Waals surface area contributed by atoms with Crippen LogP contribution < -0.4 is 9.47 Å². The first-order valence-electron chi connectivity index (χ1n) is 4.68. The third-order valence-corrected chi connectivity index (χ3v) is 1.97. The Morgan fingerprint density at radius 3 is 2.31 bits per heavy atom. The largest absolute Gasteiger partial charge is 0.493 e. The van der Waals surface area contributed by atoms with Crippen molar-refractivity contribution in [3.8, 4) is 11.5 Å². The van der Waals surface area contributed by atoms with E-state index in [0.717, 1.165) is 0 Å². The van der Waals surface area contributed by atoms with Crippen LogP contribution in [0.3, 0.4) is 0 Å². The highest BCUT2D eigenvalue weighted by Gasteiger charge is 2.08. The molecule has 1 rings (SSSR count). The third kappa shape index (κ3) is 2.76. The number of hydrogen-bond acceptors (Lipinski definition) is 4. The molecule has 0 atom stereocenters. The van der Waals surface area contributed by atoms with Crippen molar-refractivity contribution >= 4 is 11.7 Å². The Labute approximate surface area is 94.4 Å². The van der Waals surface area contributed by atoms with Crippen LogP contribution in [0.4, 0.5) is 0 Å². The fourth-order valence-corrected chi connectivity index (χ4v) is 1.24. The van der Waals surface area contributed by atoms with Crippen molar-refractivity contribution in [2.45, 2.75) is 6.92 Å². The molecule has 0 bridgehead atoms. The van der Waals surface area contributed by atoms with Gasteiger partial charge < -0.3 is 14.2 Å². The van der Waals surface area contributed by atoms with Gasteiger partial charge in [-0.1, -0.05) is 6.58 Å². The van der Waals surface area contributed by atoms with E-state index in [9.17, 15) is 4.79 Å². The zero-order chi connectivity index (χ0) is 12.1. The van der Waals surface area contributed by atoms with E-state index >= 15 is 0 Å². The summed E-state index contributed by atoms with van der Waals surface area (Å²) in [7, 11) is 3.09. The molecule has 0 saturated carbocycles. The summed E-state index contributed by atoms with van der Waals surface area (Å²) in [5, 5.41) is 0. The minimum absolute atomic E-state index is 0.286. The number of carbonyl (C=O) groups is 1. The Hall–Kier alpha value is -1.97. The van der Waals surface area contributed by atoms with Crippen LogP contribution in [0.1, 0.15) is 12.5 Å². The normalized spacial score (nSPS) is 9.44. The minimum Gasteiger partial charge on any atom is -0.493 e. The summed E-state index contributed by atoms with van der Waals surface area (Å²) in [5.41, 5.74) is 0.674. The SMILES string of the molecule is C=C(OC(C)=O)c1ccc(OC)c(OC)c1. The predicted molar refractivity (Wildman–Crippen MR) is 60.3 cm³/mol. The molecule has 1 aromatic rings. The standard InChI is InChI=1S/C12H14O4/c1-8(16-9(2)13)10-5-6-11(14-3)12(7-10)15-4/h5-7H,1H2,2-4H3. The van der Waals surface area contributed by atoms with Gasteiger partial charge in [0.05, 0.1) is 14.2 Å². The second-order valence-electron chi connectivity index (χ2n) is 3.09. The van der Waals surface area contributed by atoms with Gasteiger partial charge in [-0.2, -0.15) is 0 Å². The average Bonchev–Trinajstić information content (AvgIpc) is 2.27. The maximum Gasteiger partial charge on any atom is 0.308 e. The lowest BCUT2D eigenvalue weighted by Crippen LogP contribution is -1.98. The smallest absolute Gasteiger partial charge is 0.308 e. The van der Waals surface area contributed by atoms with Gasteiger partial charge in [-0.3, -0.25) is 4.79 Å². The van der Waals surface area contributed by atoms with Gasteiger partial charge in [-0.25, -0.2) is 0 Å². The molecule has 16 heavy (non-hydrogen) atoms. The van der Waals surface area contributed by atoms with E-state index < -0.39 is 5.97 Å². The summed E-state index contributed by atoms with van der Waals surface area (Å²) >= 11 is 0. The van der Waals surface area contributed by atoms with E-state index in [2.05, 4.69) is 6.58 Å². The van der Waals surface area contributed by atoms with Crippen LogP contribution in [0.25, 0.3) is 5.76 Å². The summed E-state index contributed by atoms with van der Waals surface area (Å²) in [4.78, 5) is 10.8. The van der Waals surface area contributed by atoms with Gasteiger partial charge in [-0.15, -0.1) is 0 Å². The Kier molecular flexibility index (Phi) is 3.94. The molecule has 0 radical (unpaired) electrons. The highest BCUT2D eigenvalue weighted by Crippen LogP contribution is 2.30. The Balaban J connectivity index is 2.98. The lowest BCUT2D eigenvalue weighted by atomic mass is 10.2. The molecule has 0 N–H and O–H groups in total. The molecule has 0 aliphatic carbocycles. The zero-order valence-electron chi connectivity index (χ0n) is 9.57. The van der Waals surface area contributed by atoms with Crippen molar-refractivity contribution in [2.75, 3.05) is 14.2 Å². The molecule has 4 nitrogen and oxygen atoms in total. The van der Waals surface area contributed by atoms with Crippen LogP contribution in [-0.4, -0.2) is 20.2 Å². The quantitative estimate of drug-likeness (QED) is 0.579. The van der Waals surface area contributed by atoms with Gasteiger partial charge in [0.2, 0.25) is 0 Å². The minimum atomic E-state index is -0.403. The summed E-state index contributed by atoms with van der Waals surface area (Å²) in [6.45, 7) is 4.98. The van der Waals surface area contributed by atoms with Crippen LogP contribution in [0.5, 0.6) is 11.5 Å². The number of carbonyl (C=O) groups excluding carboxylic acids is 1. The molecular weight excluding hydrogens is 208 g/mol. The highest BCUT2D eigenvalue weighted by atomic mass is 16.5. The first-order chi connectivity index (χ1) is 7.58. The van der Waals surface area contributed by atoms with Crippen LogP contribution >= 0.6 is 0 Å². The number of rotatable bonds is 4. The van der Waals surface area contributed by atoms with Gasteiger partial charge in [0.15, 0.2) is 11.5 Å². The van der Waals surface area contributed by atoms with Gasteiger partial charge in [0, 0.05) is 12.5 Å². The van der Waals surface area contributed by atoms with E-state index in [1.807, 2.05) is 0 Å². The highest BCUT2D eigenvalue weighted by molar-refractivity contribution is 5.75. The maximum atomic E-state index is 10.8. The molecule has 0 aromatic heterocycles. The molecule has 0 fully saturated rings. The summed E-state index contributed by atoms with van der Waals surface area (Å²) in [6.07, 6.45) is 0. The number of ether oxygens (including phenoxy) is 3. The fraction of sp³-hybridized carbons (Fsp3) is 0.250. The van der Waals surface area contributed by atoms with Crippen molar-refractivity contribution in [2.24, 2.45) is 0 Å². The second-order valence-corrected chi connectivity index (χ2v) is 3.09. The monoisotopic (exact) mass is 222 g/mol. The third-order valence-electron chi connectivity index (χ3n) is 1.97. The Morgan fingerprint density at radius 1 is 1.19 bits per heavy atom. The van der Waals surface area contributed by atoms with Crippen LogP contribution in [-0.2, 0) is 9.53 Å². The van der Waals surface area contributed by atoms with Gasteiger partial charge in [0.1, 0.15) is 5.76 Å². The molecule has 86 valence electrons. The van der Waals surface area contributed by atoms with Crippen molar-refractivity contribution in [3.63, 3.8) is 0 Å². The number of hydrogen-bond donors (Lipinski definition) is 0. The summed E-state index contributed by atoms with van der Waals surface area (Å²) < 4.78 is 15.1. The van der Waals surface area contributed by atoms with E-state index in [0.29, 0.717) is 17.1 Å². The van der Waals surface area contributed by atoms with Crippen LogP contribution in [0.15, 0.2) is 24.8 Å². The number of esters is 1. The van der Waals surface area contributed by atoms with E-state index in [1.54, 1.807) is 25.3 Å². The molecule has 0 spiro atoms. The Bertz CT molecular complexity index is 409. The second kappa shape index (κ2) is 5.21. The van der Waals surface area contributed by atoms with Gasteiger partial charge >= 0.3 is 5.97 Å². The molecule has 0 saturated heterocycles. The fourth-order valence-electron chi connectivity index (χ4n) is 1.24. The molecule has 0 amide bonds. The molecule has 0 aliphatic rings.